The van der Waals surface area contributed by atoms with Crippen LogP contribution in [-0.2, 0) is 4.79 Å². The molecule has 2 amide bonds. The topological polar surface area (TPSA) is 75.4 Å². The number of nitrogens with zero attached hydrogens (tertiary/aromatic N) is 1. The fourth-order valence-electron chi connectivity index (χ4n) is 2.01. The molecule has 21 heavy (non-hydrogen) atoms. The summed E-state index contributed by atoms with van der Waals surface area (Å²) >= 11 is 1.40. The summed E-state index contributed by atoms with van der Waals surface area (Å²) in [6, 6.07) is 7.43. The molecule has 0 saturated carbocycles. The maximum atomic E-state index is 12.3. The van der Waals surface area contributed by atoms with Crippen LogP contribution in [0.1, 0.15) is 23.5 Å². The first-order valence-corrected chi connectivity index (χ1v) is 7.52. The smallest absolute Gasteiger partial charge is 0.264 e. The minimum absolute atomic E-state index is 0.0490. The van der Waals surface area contributed by atoms with Gasteiger partial charge in [0.1, 0.15) is 0 Å². The van der Waals surface area contributed by atoms with E-state index in [1.807, 2.05) is 38.1 Å². The van der Waals surface area contributed by atoms with Gasteiger partial charge in [-0.25, -0.2) is 0 Å². The number of carbonyl (C=O) groups is 2. The maximum absolute atomic E-state index is 12.3. The molecule has 0 fully saturated rings. The normalized spacial score (nSPS) is 10.9. The van der Waals surface area contributed by atoms with E-state index in [4.69, 9.17) is 5.73 Å². The van der Waals surface area contributed by atoms with Crippen LogP contribution in [0.2, 0.25) is 0 Å². The number of fused-ring (bicyclic) bond motifs is 1. The van der Waals surface area contributed by atoms with Gasteiger partial charge in [-0.15, -0.1) is 11.3 Å². The summed E-state index contributed by atoms with van der Waals surface area (Å²) in [6.07, 6.45) is 0. The Morgan fingerprint density at radius 1 is 1.33 bits per heavy atom. The molecular formula is C15H19N3O2S. The van der Waals surface area contributed by atoms with E-state index in [0.29, 0.717) is 10.6 Å². The highest BCUT2D eigenvalue weighted by Gasteiger charge is 2.17. The second-order valence-electron chi connectivity index (χ2n) is 5.29. The van der Waals surface area contributed by atoms with Crippen molar-refractivity contribution in [3.8, 4) is 0 Å². The van der Waals surface area contributed by atoms with E-state index >= 15 is 0 Å². The molecule has 0 bridgehead atoms. The molecule has 1 heterocycles. The third-order valence-electron chi connectivity index (χ3n) is 2.93. The Balaban J connectivity index is 2.12. The molecule has 0 saturated heterocycles. The lowest BCUT2D eigenvalue weighted by Crippen LogP contribution is -2.40. The van der Waals surface area contributed by atoms with Crippen LogP contribution in [0.5, 0.6) is 0 Å². The number of nitrogens with two attached hydrogens (primary N) is 1. The lowest BCUT2D eigenvalue weighted by molar-refractivity contribution is -0.122. The molecule has 1 aromatic carbocycles. The summed E-state index contributed by atoms with van der Waals surface area (Å²) in [5, 5.41) is 3.72. The van der Waals surface area contributed by atoms with Crippen molar-refractivity contribution in [2.45, 2.75) is 19.9 Å². The van der Waals surface area contributed by atoms with Crippen LogP contribution in [-0.4, -0.2) is 36.3 Å². The number of anilines is 1. The summed E-state index contributed by atoms with van der Waals surface area (Å²) in [6.45, 7) is 3.82. The van der Waals surface area contributed by atoms with Gasteiger partial charge in [-0.1, -0.05) is 0 Å². The highest BCUT2D eigenvalue weighted by Crippen LogP contribution is 2.27. The molecule has 0 radical (unpaired) electrons. The monoisotopic (exact) mass is 305 g/mol. The zero-order valence-electron chi connectivity index (χ0n) is 12.3. The fraction of sp³-hybridized carbons (Fsp3) is 0.333. The van der Waals surface area contributed by atoms with Crippen molar-refractivity contribution in [2.75, 3.05) is 19.3 Å². The minimum atomic E-state index is -0.161. The largest absolute Gasteiger partial charge is 0.399 e. The van der Waals surface area contributed by atoms with Gasteiger partial charge in [0, 0.05) is 23.5 Å². The number of carbonyl (C=O) groups excluding carboxylic acids is 2. The van der Waals surface area contributed by atoms with Gasteiger partial charge in [0.05, 0.1) is 11.4 Å². The molecule has 0 aliphatic rings. The zero-order valence-corrected chi connectivity index (χ0v) is 13.2. The van der Waals surface area contributed by atoms with Gasteiger partial charge in [0.15, 0.2) is 0 Å². The molecule has 0 atom stereocenters. The molecule has 0 aliphatic heterocycles. The number of hydrogen-bond acceptors (Lipinski definition) is 4. The first-order valence-electron chi connectivity index (χ1n) is 6.70. The summed E-state index contributed by atoms with van der Waals surface area (Å²) in [5.74, 6) is -0.320. The van der Waals surface area contributed by atoms with Crippen LogP contribution in [0.25, 0.3) is 10.1 Å². The third kappa shape index (κ3) is 3.72. The van der Waals surface area contributed by atoms with Gasteiger partial charge < -0.3 is 16.0 Å². The zero-order chi connectivity index (χ0) is 15.6. The number of thiophene rings is 1. The van der Waals surface area contributed by atoms with Crippen molar-refractivity contribution in [3.05, 3.63) is 29.1 Å². The molecule has 1 aromatic heterocycles. The summed E-state index contributed by atoms with van der Waals surface area (Å²) in [4.78, 5) is 26.1. The van der Waals surface area contributed by atoms with E-state index in [2.05, 4.69) is 5.32 Å². The first-order chi connectivity index (χ1) is 9.86. The Labute approximate surface area is 127 Å². The average molecular weight is 305 g/mol. The Morgan fingerprint density at radius 3 is 2.71 bits per heavy atom. The summed E-state index contributed by atoms with van der Waals surface area (Å²) < 4.78 is 1.01. The van der Waals surface area contributed by atoms with E-state index in [-0.39, 0.29) is 24.4 Å². The molecule has 2 rings (SSSR count). The van der Waals surface area contributed by atoms with Crippen molar-refractivity contribution in [1.29, 1.82) is 0 Å². The van der Waals surface area contributed by atoms with E-state index in [1.54, 1.807) is 7.05 Å². The molecule has 5 nitrogen and oxygen atoms in total. The highest BCUT2D eigenvalue weighted by atomic mass is 32.1. The lowest BCUT2D eigenvalue weighted by atomic mass is 10.2. The Bertz CT molecular complexity index is 679. The molecule has 0 unspecified atom stereocenters. The van der Waals surface area contributed by atoms with E-state index in [0.717, 1.165) is 10.1 Å². The first kappa shape index (κ1) is 15.3. The van der Waals surface area contributed by atoms with Gasteiger partial charge in [0.2, 0.25) is 5.91 Å². The van der Waals surface area contributed by atoms with E-state index in [9.17, 15) is 9.59 Å². The number of nitrogen functional groups attached to an aromatic ring is 1. The highest BCUT2D eigenvalue weighted by molar-refractivity contribution is 7.20. The van der Waals surface area contributed by atoms with Gasteiger partial charge >= 0.3 is 0 Å². The number of benzene rings is 1. The Hall–Kier alpha value is -2.08. The number of rotatable bonds is 4. The van der Waals surface area contributed by atoms with Crippen LogP contribution < -0.4 is 11.1 Å². The molecule has 3 N–H and O–H groups in total. The Kier molecular flexibility index (Phi) is 4.47. The van der Waals surface area contributed by atoms with Crippen molar-refractivity contribution < 1.29 is 9.59 Å². The SMILES string of the molecule is CC(C)NC(=O)CN(C)C(=O)c1cc2cc(N)ccc2s1. The molecule has 112 valence electrons. The van der Waals surface area contributed by atoms with Crippen molar-refractivity contribution in [1.82, 2.24) is 10.2 Å². The molecular weight excluding hydrogens is 286 g/mol. The molecule has 0 aliphatic carbocycles. The van der Waals surface area contributed by atoms with Crippen molar-refractivity contribution >= 4 is 38.9 Å². The van der Waals surface area contributed by atoms with Crippen LogP contribution in [0.4, 0.5) is 5.69 Å². The quantitative estimate of drug-likeness (QED) is 0.849. The van der Waals surface area contributed by atoms with Crippen LogP contribution in [0.3, 0.4) is 0 Å². The second-order valence-corrected chi connectivity index (χ2v) is 6.38. The van der Waals surface area contributed by atoms with Crippen molar-refractivity contribution in [2.24, 2.45) is 0 Å². The lowest BCUT2D eigenvalue weighted by Gasteiger charge is -2.17. The number of hydrogen-bond donors (Lipinski definition) is 2. The second kappa shape index (κ2) is 6.13. The minimum Gasteiger partial charge on any atom is -0.399 e. The molecule has 6 heteroatoms. The van der Waals surface area contributed by atoms with Gasteiger partial charge in [0.25, 0.3) is 5.91 Å². The van der Waals surface area contributed by atoms with Crippen LogP contribution >= 0.6 is 11.3 Å². The van der Waals surface area contributed by atoms with Gasteiger partial charge in [-0.05, 0) is 43.5 Å². The fourth-order valence-corrected chi connectivity index (χ4v) is 3.05. The summed E-state index contributed by atoms with van der Waals surface area (Å²) in [7, 11) is 1.63. The third-order valence-corrected chi connectivity index (χ3v) is 4.03. The van der Waals surface area contributed by atoms with Gasteiger partial charge in [-0.2, -0.15) is 0 Å². The van der Waals surface area contributed by atoms with Crippen LogP contribution in [0, 0.1) is 0 Å². The standard InChI is InChI=1S/C15H19N3O2S/c1-9(2)17-14(19)8-18(3)15(20)13-7-10-6-11(16)4-5-12(10)21-13/h4-7,9H,8,16H2,1-3H3,(H,17,19). The predicted octanol–water partition coefficient (Wildman–Crippen LogP) is 2.08. The van der Waals surface area contributed by atoms with E-state index in [1.165, 1.54) is 16.2 Å². The van der Waals surface area contributed by atoms with Crippen LogP contribution in [0.15, 0.2) is 24.3 Å². The van der Waals surface area contributed by atoms with Gasteiger partial charge in [-0.3, -0.25) is 9.59 Å². The average Bonchev–Trinajstić information content (AvgIpc) is 2.79. The number of likely N-dealkylation sites (N-methyl/N-ethyl adjacent to an activating group) is 1. The maximum Gasteiger partial charge on any atom is 0.264 e. The van der Waals surface area contributed by atoms with E-state index < -0.39 is 0 Å². The molecule has 0 spiro atoms. The Morgan fingerprint density at radius 2 is 2.05 bits per heavy atom. The van der Waals surface area contributed by atoms with Crippen molar-refractivity contribution in [3.63, 3.8) is 0 Å². The summed E-state index contributed by atoms with van der Waals surface area (Å²) in [5.41, 5.74) is 6.41. The molecule has 2 aromatic rings. The number of nitrogens with one attached hydrogen (secondary N) is 1. The predicted molar refractivity (Wildman–Crippen MR) is 86.5 cm³/mol. The number of amides is 2.